The van der Waals surface area contributed by atoms with E-state index >= 15 is 0 Å². The predicted molar refractivity (Wildman–Crippen MR) is 65.7 cm³/mol. The summed E-state index contributed by atoms with van der Waals surface area (Å²) in [6, 6.07) is 0. The fourth-order valence-corrected chi connectivity index (χ4v) is 2.05. The summed E-state index contributed by atoms with van der Waals surface area (Å²) in [5.74, 6) is -0.792. The van der Waals surface area contributed by atoms with Crippen molar-refractivity contribution in [3.63, 3.8) is 0 Å². The van der Waals surface area contributed by atoms with Crippen molar-refractivity contribution in [1.29, 1.82) is 0 Å². The zero-order chi connectivity index (χ0) is 10.8. The molecule has 2 N–H and O–H groups in total. The number of nitrogens with zero attached hydrogens (tertiary/aromatic N) is 1. The molecule has 1 aliphatic heterocycles. The SMILES string of the molecule is CC1=CC(C)(C)N=C(SCC(=O)O)N1.Cl. The molecule has 4 nitrogen and oxygen atoms in total. The van der Waals surface area contributed by atoms with Crippen LogP contribution in [-0.4, -0.2) is 27.5 Å². The van der Waals surface area contributed by atoms with Crippen molar-refractivity contribution < 1.29 is 9.90 Å². The molecule has 0 unspecified atom stereocenters. The Morgan fingerprint density at radius 2 is 2.27 bits per heavy atom. The number of nitrogens with one attached hydrogen (secondary N) is 1. The molecule has 0 saturated carbocycles. The smallest absolute Gasteiger partial charge is 0.313 e. The molecule has 15 heavy (non-hydrogen) atoms. The van der Waals surface area contributed by atoms with Crippen LogP contribution >= 0.6 is 24.2 Å². The van der Waals surface area contributed by atoms with Gasteiger partial charge < -0.3 is 10.4 Å². The van der Waals surface area contributed by atoms with Crippen molar-refractivity contribution in [2.45, 2.75) is 26.3 Å². The van der Waals surface area contributed by atoms with Crippen LogP contribution in [0.4, 0.5) is 0 Å². The average Bonchev–Trinajstić information content (AvgIpc) is 1.96. The lowest BCUT2D eigenvalue weighted by atomic mass is 10.0. The molecule has 0 spiro atoms. The third kappa shape index (κ3) is 5.09. The van der Waals surface area contributed by atoms with Gasteiger partial charge in [-0.25, -0.2) is 0 Å². The van der Waals surface area contributed by atoms with Gasteiger partial charge in [-0.3, -0.25) is 9.79 Å². The van der Waals surface area contributed by atoms with E-state index in [1.165, 1.54) is 11.8 Å². The fourth-order valence-electron chi connectivity index (χ4n) is 1.25. The van der Waals surface area contributed by atoms with E-state index in [-0.39, 0.29) is 23.7 Å². The first-order valence-corrected chi connectivity index (χ1v) is 5.28. The van der Waals surface area contributed by atoms with Crippen molar-refractivity contribution in [3.8, 4) is 0 Å². The van der Waals surface area contributed by atoms with E-state index in [9.17, 15) is 4.79 Å². The van der Waals surface area contributed by atoms with E-state index in [0.29, 0.717) is 5.17 Å². The maximum absolute atomic E-state index is 10.4. The van der Waals surface area contributed by atoms with E-state index in [4.69, 9.17) is 5.11 Å². The van der Waals surface area contributed by atoms with Crippen LogP contribution in [0.3, 0.4) is 0 Å². The van der Waals surface area contributed by atoms with E-state index < -0.39 is 5.97 Å². The topological polar surface area (TPSA) is 61.7 Å². The Morgan fingerprint density at radius 1 is 1.67 bits per heavy atom. The number of rotatable bonds is 2. The molecule has 0 bridgehead atoms. The Bertz CT molecular complexity index is 313. The lowest BCUT2D eigenvalue weighted by Gasteiger charge is -2.24. The second-order valence-electron chi connectivity index (χ2n) is 3.71. The third-order valence-electron chi connectivity index (χ3n) is 1.60. The third-order valence-corrected chi connectivity index (χ3v) is 2.45. The molecule has 0 radical (unpaired) electrons. The maximum Gasteiger partial charge on any atom is 0.313 e. The van der Waals surface area contributed by atoms with E-state index in [1.807, 2.05) is 26.8 Å². The monoisotopic (exact) mass is 250 g/mol. The molecule has 0 aliphatic carbocycles. The van der Waals surface area contributed by atoms with Crippen molar-refractivity contribution in [2.24, 2.45) is 4.99 Å². The summed E-state index contributed by atoms with van der Waals surface area (Å²) in [7, 11) is 0. The van der Waals surface area contributed by atoms with Gasteiger partial charge in [0.2, 0.25) is 0 Å². The summed E-state index contributed by atoms with van der Waals surface area (Å²) in [5.41, 5.74) is 0.772. The zero-order valence-electron chi connectivity index (χ0n) is 8.90. The molecule has 0 atom stereocenters. The van der Waals surface area contributed by atoms with Crippen LogP contribution in [0.25, 0.3) is 0 Å². The molecule has 1 aliphatic rings. The average molecular weight is 251 g/mol. The minimum absolute atomic E-state index is 0. The number of amidine groups is 1. The van der Waals surface area contributed by atoms with E-state index in [0.717, 1.165) is 5.70 Å². The van der Waals surface area contributed by atoms with Gasteiger partial charge >= 0.3 is 5.97 Å². The minimum atomic E-state index is -0.829. The molecule has 0 aromatic carbocycles. The number of hydrogen-bond donors (Lipinski definition) is 2. The number of hydrogen-bond acceptors (Lipinski definition) is 4. The van der Waals surface area contributed by atoms with Crippen molar-refractivity contribution in [3.05, 3.63) is 11.8 Å². The number of carboxylic acids is 1. The highest BCUT2D eigenvalue weighted by Crippen LogP contribution is 2.20. The van der Waals surface area contributed by atoms with Crippen LogP contribution in [0.5, 0.6) is 0 Å². The number of allylic oxidation sites excluding steroid dienone is 1. The first kappa shape index (κ1) is 14.3. The van der Waals surface area contributed by atoms with E-state index in [1.54, 1.807) is 0 Å². The van der Waals surface area contributed by atoms with Gasteiger partial charge in [0.15, 0.2) is 5.17 Å². The highest BCUT2D eigenvalue weighted by atomic mass is 35.5. The molecule has 0 amide bonds. The first-order valence-electron chi connectivity index (χ1n) is 4.30. The highest BCUT2D eigenvalue weighted by molar-refractivity contribution is 8.14. The number of carbonyl (C=O) groups is 1. The van der Waals surface area contributed by atoms with E-state index in [2.05, 4.69) is 10.3 Å². The maximum atomic E-state index is 10.4. The van der Waals surface area contributed by atoms with Gasteiger partial charge in [0.05, 0.1) is 11.3 Å². The number of aliphatic imine (C=N–C) groups is 1. The predicted octanol–water partition coefficient (Wildman–Crippen LogP) is 1.87. The summed E-state index contributed by atoms with van der Waals surface area (Å²) in [5, 5.41) is 12.2. The second-order valence-corrected chi connectivity index (χ2v) is 4.67. The summed E-state index contributed by atoms with van der Waals surface area (Å²) in [6.45, 7) is 5.91. The quantitative estimate of drug-likeness (QED) is 0.786. The van der Waals surface area contributed by atoms with Gasteiger partial charge in [-0.1, -0.05) is 11.8 Å². The number of halogens is 1. The van der Waals surface area contributed by atoms with Gasteiger partial charge in [-0.15, -0.1) is 12.4 Å². The molecule has 0 saturated heterocycles. The van der Waals surface area contributed by atoms with Gasteiger partial charge in [0, 0.05) is 5.70 Å². The summed E-state index contributed by atoms with van der Waals surface area (Å²) in [4.78, 5) is 14.7. The standard InChI is InChI=1S/C9H14N2O2S.ClH/c1-6-4-9(2,3)11-8(10-6)14-5-7(12)13;/h4H,5H2,1-3H3,(H,10,11)(H,12,13);1H. The lowest BCUT2D eigenvalue weighted by molar-refractivity contribution is -0.133. The molecule has 1 heterocycles. The molecule has 6 heteroatoms. The van der Waals surface area contributed by atoms with Crippen molar-refractivity contribution >= 4 is 35.3 Å². The Kier molecular flexibility index (Phi) is 5.17. The number of carboxylic acid groups (broad SMARTS) is 1. The largest absolute Gasteiger partial charge is 0.481 e. The van der Waals surface area contributed by atoms with Gasteiger partial charge in [0.1, 0.15) is 0 Å². The zero-order valence-corrected chi connectivity index (χ0v) is 10.5. The first-order chi connectivity index (χ1) is 6.39. The molecule has 1 rings (SSSR count). The molecular weight excluding hydrogens is 236 g/mol. The summed E-state index contributed by atoms with van der Waals surface area (Å²) >= 11 is 1.21. The summed E-state index contributed by atoms with van der Waals surface area (Å²) < 4.78 is 0. The lowest BCUT2D eigenvalue weighted by Crippen LogP contribution is -2.31. The van der Waals surface area contributed by atoms with Crippen LogP contribution in [0, 0.1) is 0 Å². The van der Waals surface area contributed by atoms with Crippen LogP contribution in [0.15, 0.2) is 16.8 Å². The molecule has 0 fully saturated rings. The van der Waals surface area contributed by atoms with Crippen molar-refractivity contribution in [2.75, 3.05) is 5.75 Å². The van der Waals surface area contributed by atoms with Gasteiger partial charge in [-0.2, -0.15) is 0 Å². The van der Waals surface area contributed by atoms with Gasteiger partial charge in [-0.05, 0) is 26.8 Å². The van der Waals surface area contributed by atoms with Crippen LogP contribution in [0.2, 0.25) is 0 Å². The van der Waals surface area contributed by atoms with Crippen LogP contribution < -0.4 is 5.32 Å². The minimum Gasteiger partial charge on any atom is -0.481 e. The van der Waals surface area contributed by atoms with Crippen molar-refractivity contribution in [1.82, 2.24) is 5.32 Å². The number of aliphatic carboxylic acids is 1. The molecular formula is C9H15ClN2O2S. The van der Waals surface area contributed by atoms with Gasteiger partial charge in [0.25, 0.3) is 0 Å². The van der Waals surface area contributed by atoms with Crippen LogP contribution in [-0.2, 0) is 4.79 Å². The molecule has 0 aromatic heterocycles. The molecule has 86 valence electrons. The Morgan fingerprint density at radius 3 is 2.73 bits per heavy atom. The number of thioether (sulfide) groups is 1. The second kappa shape index (κ2) is 5.42. The highest BCUT2D eigenvalue weighted by Gasteiger charge is 2.20. The Balaban J connectivity index is 0.00000196. The Labute approximate surface area is 99.6 Å². The fraction of sp³-hybridized carbons (Fsp3) is 0.556. The Hall–Kier alpha value is -0.680. The summed E-state index contributed by atoms with van der Waals surface area (Å²) in [6.07, 6.45) is 2.01. The normalized spacial score (nSPS) is 18.1. The molecule has 0 aromatic rings. The van der Waals surface area contributed by atoms with Crippen LogP contribution in [0.1, 0.15) is 20.8 Å².